The SMILES string of the molecule is S=C1/N=C\C=N/C(=S)SSSS1. The first-order chi connectivity index (χ1) is 5.79. The van der Waals surface area contributed by atoms with Crippen molar-refractivity contribution in [3.05, 3.63) is 0 Å². The van der Waals surface area contributed by atoms with Crippen molar-refractivity contribution in [2.45, 2.75) is 0 Å². The number of thiocarbonyl (C=S) groups is 2. The Morgan fingerprint density at radius 2 is 1.33 bits per heavy atom. The van der Waals surface area contributed by atoms with E-state index in [1.807, 2.05) is 0 Å². The second kappa shape index (κ2) is 6.39. The van der Waals surface area contributed by atoms with Gasteiger partial charge in [-0.3, -0.25) is 0 Å². The van der Waals surface area contributed by atoms with Gasteiger partial charge in [0.2, 0.25) is 0 Å². The van der Waals surface area contributed by atoms with Crippen LogP contribution in [0.3, 0.4) is 0 Å². The quantitative estimate of drug-likeness (QED) is 0.494. The molecule has 8 heteroatoms. The van der Waals surface area contributed by atoms with Crippen molar-refractivity contribution >= 4 is 86.7 Å². The Morgan fingerprint density at radius 1 is 0.917 bits per heavy atom. The van der Waals surface area contributed by atoms with Crippen LogP contribution < -0.4 is 0 Å². The van der Waals surface area contributed by atoms with Gasteiger partial charge in [0, 0.05) is 12.4 Å². The Kier molecular flexibility index (Phi) is 5.85. The predicted molar refractivity (Wildman–Crippen MR) is 72.5 cm³/mol. The highest BCUT2D eigenvalue weighted by Gasteiger charge is 2.00. The maximum atomic E-state index is 4.91. The molecular weight excluding hydrogens is 268 g/mol. The third kappa shape index (κ3) is 4.83. The topological polar surface area (TPSA) is 24.7 Å². The van der Waals surface area contributed by atoms with E-state index in [1.165, 1.54) is 21.6 Å². The van der Waals surface area contributed by atoms with Crippen molar-refractivity contribution in [2.24, 2.45) is 9.98 Å². The standard InChI is InChI=1S/C4H2N2S6/c7-3-5-1-2-6-4(8)10-12-11-9-3/h1-2H/b5-1-,6-2-. The first-order valence-electron chi connectivity index (χ1n) is 2.61. The Morgan fingerprint density at radius 3 is 1.75 bits per heavy atom. The van der Waals surface area contributed by atoms with Crippen molar-refractivity contribution in [1.29, 1.82) is 0 Å². The average molecular weight is 270 g/mol. The van der Waals surface area contributed by atoms with E-state index in [9.17, 15) is 0 Å². The molecule has 12 heavy (non-hydrogen) atoms. The highest BCUT2D eigenvalue weighted by atomic mass is 33.7. The van der Waals surface area contributed by atoms with Gasteiger partial charge in [0.05, 0.1) is 0 Å². The molecule has 0 aliphatic carbocycles. The van der Waals surface area contributed by atoms with E-state index in [0.717, 1.165) is 0 Å². The van der Waals surface area contributed by atoms with Crippen molar-refractivity contribution in [2.75, 3.05) is 0 Å². The smallest absolute Gasteiger partial charge is 0.171 e. The van der Waals surface area contributed by atoms with E-state index in [-0.39, 0.29) is 0 Å². The van der Waals surface area contributed by atoms with Gasteiger partial charge in [0.25, 0.3) is 0 Å². The van der Waals surface area contributed by atoms with Crippen LogP contribution in [0, 0.1) is 0 Å². The Balaban J connectivity index is 2.59. The molecule has 1 heterocycles. The number of rotatable bonds is 0. The average Bonchev–Trinajstić information content (AvgIpc) is 2.06. The minimum absolute atomic E-state index is 0.604. The highest BCUT2D eigenvalue weighted by Crippen LogP contribution is 2.44. The second-order valence-electron chi connectivity index (χ2n) is 1.39. The molecule has 0 aromatic heterocycles. The van der Waals surface area contributed by atoms with E-state index in [1.54, 1.807) is 32.1 Å². The summed E-state index contributed by atoms with van der Waals surface area (Å²) in [6.07, 6.45) is 3.11. The van der Waals surface area contributed by atoms with Crippen LogP contribution in [-0.4, -0.2) is 21.1 Å². The molecule has 0 amide bonds. The van der Waals surface area contributed by atoms with Gasteiger partial charge in [-0.2, -0.15) is 0 Å². The second-order valence-corrected chi connectivity index (χ2v) is 8.33. The lowest BCUT2D eigenvalue weighted by Gasteiger charge is -1.97. The van der Waals surface area contributed by atoms with E-state index >= 15 is 0 Å². The van der Waals surface area contributed by atoms with E-state index in [4.69, 9.17) is 24.4 Å². The summed E-state index contributed by atoms with van der Waals surface area (Å²) >= 11 is 9.83. The van der Waals surface area contributed by atoms with Crippen LogP contribution in [0.5, 0.6) is 0 Å². The monoisotopic (exact) mass is 270 g/mol. The fraction of sp³-hybridized carbons (Fsp3) is 0. The summed E-state index contributed by atoms with van der Waals surface area (Å²) in [5.41, 5.74) is 0. The molecule has 2 nitrogen and oxygen atoms in total. The molecule has 0 saturated heterocycles. The maximum Gasteiger partial charge on any atom is 0.171 e. The van der Waals surface area contributed by atoms with Crippen molar-refractivity contribution in [3.8, 4) is 0 Å². The summed E-state index contributed by atoms with van der Waals surface area (Å²) in [4.78, 5) is 7.87. The van der Waals surface area contributed by atoms with E-state index in [0.29, 0.717) is 8.64 Å². The molecule has 0 radical (unpaired) electrons. The highest BCUT2D eigenvalue weighted by molar-refractivity contribution is 9.29. The predicted octanol–water partition coefficient (Wildman–Crippen LogP) is 3.39. The Bertz CT molecular complexity index is 220. The molecule has 0 aromatic rings. The number of nitrogens with zero attached hydrogens (tertiary/aromatic N) is 2. The summed E-state index contributed by atoms with van der Waals surface area (Å²) < 4.78 is 1.21. The van der Waals surface area contributed by atoms with Gasteiger partial charge in [-0.15, -0.1) is 0 Å². The van der Waals surface area contributed by atoms with Crippen LogP contribution >= 0.6 is 65.7 Å². The molecule has 0 aromatic carbocycles. The molecule has 0 spiro atoms. The van der Waals surface area contributed by atoms with Gasteiger partial charge in [-0.05, 0) is 65.7 Å². The van der Waals surface area contributed by atoms with Crippen LogP contribution in [0.4, 0.5) is 0 Å². The summed E-state index contributed by atoms with van der Waals surface area (Å²) in [5.74, 6) is 0. The van der Waals surface area contributed by atoms with Crippen molar-refractivity contribution in [3.63, 3.8) is 0 Å². The molecule has 0 saturated carbocycles. The van der Waals surface area contributed by atoms with Gasteiger partial charge in [0.15, 0.2) is 8.64 Å². The van der Waals surface area contributed by atoms with Crippen LogP contribution in [-0.2, 0) is 0 Å². The molecule has 64 valence electrons. The van der Waals surface area contributed by atoms with E-state index < -0.39 is 0 Å². The summed E-state index contributed by atoms with van der Waals surface area (Å²) in [5, 5.41) is 0. The Labute approximate surface area is 96.0 Å². The van der Waals surface area contributed by atoms with Gasteiger partial charge in [-0.25, -0.2) is 9.98 Å². The van der Waals surface area contributed by atoms with Crippen LogP contribution in [0.25, 0.3) is 0 Å². The Hall–Kier alpha value is 0.920. The third-order valence-electron chi connectivity index (χ3n) is 0.665. The van der Waals surface area contributed by atoms with Gasteiger partial charge in [0.1, 0.15) is 0 Å². The lowest BCUT2D eigenvalue weighted by molar-refractivity contribution is 1.85. The van der Waals surface area contributed by atoms with Gasteiger partial charge in [-0.1, -0.05) is 0 Å². The lowest BCUT2D eigenvalue weighted by atomic mass is 10.8. The first kappa shape index (κ1) is 11.0. The van der Waals surface area contributed by atoms with Gasteiger partial charge < -0.3 is 0 Å². The number of aliphatic imine (C=N–C) groups is 2. The van der Waals surface area contributed by atoms with Crippen LogP contribution in [0.2, 0.25) is 0 Å². The molecule has 0 atom stereocenters. The molecular formula is C4H2N2S6. The lowest BCUT2D eigenvalue weighted by Crippen LogP contribution is -1.86. The number of hydrogen-bond acceptors (Lipinski definition) is 6. The maximum absolute atomic E-state index is 4.91. The fourth-order valence-electron chi connectivity index (χ4n) is 0.317. The summed E-state index contributed by atoms with van der Waals surface area (Å²) in [6.45, 7) is 0. The molecule has 0 N–H and O–H groups in total. The largest absolute Gasteiger partial charge is 0.236 e. The minimum atomic E-state index is 0.604. The first-order valence-corrected chi connectivity index (χ1v) is 8.25. The van der Waals surface area contributed by atoms with Crippen molar-refractivity contribution in [1.82, 2.24) is 0 Å². The minimum Gasteiger partial charge on any atom is -0.236 e. The van der Waals surface area contributed by atoms with Crippen LogP contribution in [0.15, 0.2) is 9.98 Å². The normalized spacial score (nSPS) is 25.0. The van der Waals surface area contributed by atoms with Gasteiger partial charge >= 0.3 is 0 Å². The van der Waals surface area contributed by atoms with Crippen molar-refractivity contribution < 1.29 is 0 Å². The molecule has 0 unspecified atom stereocenters. The van der Waals surface area contributed by atoms with E-state index in [2.05, 4.69) is 9.98 Å². The number of hydrogen-bond donors (Lipinski definition) is 0. The molecule has 1 aliphatic heterocycles. The van der Waals surface area contributed by atoms with Crippen LogP contribution in [0.1, 0.15) is 0 Å². The zero-order valence-electron chi connectivity index (χ0n) is 5.50. The molecule has 0 fully saturated rings. The molecule has 0 bridgehead atoms. The zero-order valence-corrected chi connectivity index (χ0v) is 10.4. The molecule has 1 aliphatic rings. The zero-order chi connectivity index (χ0) is 8.81. The molecule has 1 rings (SSSR count). The third-order valence-corrected chi connectivity index (χ3v) is 7.44. The fourth-order valence-corrected chi connectivity index (χ4v) is 6.14. The summed E-state index contributed by atoms with van der Waals surface area (Å²) in [6, 6.07) is 0. The summed E-state index contributed by atoms with van der Waals surface area (Å²) in [7, 11) is 5.98.